The van der Waals surface area contributed by atoms with Gasteiger partial charge in [0.25, 0.3) is 0 Å². The average Bonchev–Trinajstić information content (AvgIpc) is 2.91. The van der Waals surface area contributed by atoms with Crippen molar-refractivity contribution < 1.29 is 27.5 Å². The van der Waals surface area contributed by atoms with Crippen LogP contribution in [0.3, 0.4) is 0 Å². The number of hydrogen-bond acceptors (Lipinski definition) is 5. The third-order valence-electron chi connectivity index (χ3n) is 3.67. The van der Waals surface area contributed by atoms with Crippen molar-refractivity contribution in [2.75, 3.05) is 6.61 Å². The molecule has 0 aromatic carbocycles. The number of fused-ring (bicyclic) bond motifs is 1. The molecule has 1 unspecified atom stereocenters. The number of hydrogen-bond donors (Lipinski definition) is 1. The van der Waals surface area contributed by atoms with Crippen LogP contribution >= 0.6 is 27.5 Å². The zero-order valence-electron chi connectivity index (χ0n) is 17.9. The molecular weight excluding hydrogens is 486 g/mol. The predicted octanol–water partition coefficient (Wildman–Crippen LogP) is 6.64. The molecule has 10 heteroatoms. The highest BCUT2D eigenvalue weighted by atomic mass is 79.9. The van der Waals surface area contributed by atoms with Gasteiger partial charge in [-0.25, -0.2) is 9.78 Å². The number of furan rings is 1. The van der Waals surface area contributed by atoms with Crippen molar-refractivity contribution in [3.8, 4) is 0 Å². The van der Waals surface area contributed by atoms with Crippen LogP contribution in [0, 0.1) is 6.92 Å². The zero-order valence-corrected chi connectivity index (χ0v) is 20.3. The summed E-state index contributed by atoms with van der Waals surface area (Å²) in [6, 6.07) is 1.12. The first-order valence-electron chi connectivity index (χ1n) is 9.59. The molecule has 0 aliphatic carbocycles. The molecular formula is C20H28BrClF2N2O4. The second-order valence-corrected chi connectivity index (χ2v) is 8.43. The molecule has 0 fully saturated rings. The molecule has 2 aromatic heterocycles. The molecule has 170 valence electrons. The van der Waals surface area contributed by atoms with Crippen LogP contribution in [0.15, 0.2) is 15.0 Å². The van der Waals surface area contributed by atoms with Crippen molar-refractivity contribution in [3.05, 3.63) is 27.0 Å². The SMILES string of the molecule is CC.Cc1cc(Cl)nc2c(Br)c(CC(CCOC(F)F)NC(=O)OC(C)(C)C)oc12. The fraction of sp³-hybridized carbons (Fsp3) is 0.600. The number of rotatable bonds is 7. The standard InChI is InChI=1S/C18H22BrClF2N2O4.C2H6/c1-9-7-12(20)24-14-13(19)11(27-15(9)14)8-10(5-6-26-16(21)22)23-17(25)28-18(2,3)4;1-2/h7,10,16H,5-6,8H2,1-4H3,(H,23,25);1-2H3. The number of nitrogens with zero attached hydrogens (tertiary/aromatic N) is 1. The molecule has 1 N–H and O–H groups in total. The van der Waals surface area contributed by atoms with Gasteiger partial charge in [0.05, 0.1) is 11.1 Å². The van der Waals surface area contributed by atoms with Crippen LogP contribution in [0.5, 0.6) is 0 Å². The number of carbonyl (C=O) groups excluding carboxylic acids is 1. The topological polar surface area (TPSA) is 73.6 Å². The lowest BCUT2D eigenvalue weighted by atomic mass is 10.1. The monoisotopic (exact) mass is 512 g/mol. The van der Waals surface area contributed by atoms with Crippen molar-refractivity contribution in [1.29, 1.82) is 0 Å². The quantitative estimate of drug-likeness (QED) is 0.420. The summed E-state index contributed by atoms with van der Waals surface area (Å²) >= 11 is 9.45. The van der Waals surface area contributed by atoms with Gasteiger partial charge >= 0.3 is 12.7 Å². The van der Waals surface area contributed by atoms with Gasteiger partial charge in [-0.2, -0.15) is 8.78 Å². The summed E-state index contributed by atoms with van der Waals surface area (Å²) < 4.78 is 40.6. The molecule has 1 atom stereocenters. The van der Waals surface area contributed by atoms with Gasteiger partial charge < -0.3 is 19.2 Å². The summed E-state index contributed by atoms with van der Waals surface area (Å²) in [6.07, 6.45) is -0.292. The van der Waals surface area contributed by atoms with E-state index >= 15 is 0 Å². The number of ether oxygens (including phenoxy) is 2. The van der Waals surface area contributed by atoms with E-state index in [1.807, 2.05) is 20.8 Å². The van der Waals surface area contributed by atoms with Gasteiger partial charge in [-0.15, -0.1) is 0 Å². The maximum absolute atomic E-state index is 12.3. The second-order valence-electron chi connectivity index (χ2n) is 7.25. The Balaban J connectivity index is 0.00000218. The number of carbonyl (C=O) groups is 1. The van der Waals surface area contributed by atoms with Crippen LogP contribution in [0.2, 0.25) is 5.15 Å². The number of halogens is 4. The minimum atomic E-state index is -2.88. The maximum Gasteiger partial charge on any atom is 0.407 e. The van der Waals surface area contributed by atoms with Gasteiger partial charge in [0.15, 0.2) is 5.58 Å². The average molecular weight is 514 g/mol. The van der Waals surface area contributed by atoms with E-state index in [9.17, 15) is 13.6 Å². The highest BCUT2D eigenvalue weighted by Crippen LogP contribution is 2.33. The van der Waals surface area contributed by atoms with Gasteiger partial charge in [-0.05, 0) is 61.7 Å². The Labute approximate surface area is 188 Å². The summed E-state index contributed by atoms with van der Waals surface area (Å²) in [7, 11) is 0. The second kappa shape index (κ2) is 11.8. The molecule has 1 amide bonds. The maximum atomic E-state index is 12.3. The van der Waals surface area contributed by atoms with Crippen LogP contribution in [-0.2, 0) is 15.9 Å². The number of aromatic nitrogens is 1. The Hall–Kier alpha value is -1.45. The van der Waals surface area contributed by atoms with Crippen LogP contribution in [0.4, 0.5) is 13.6 Å². The minimum absolute atomic E-state index is 0.139. The molecule has 0 saturated carbocycles. The van der Waals surface area contributed by atoms with Crippen molar-refractivity contribution in [2.24, 2.45) is 0 Å². The number of alkyl carbamates (subject to hydrolysis) is 1. The first-order valence-corrected chi connectivity index (χ1v) is 10.8. The van der Waals surface area contributed by atoms with E-state index < -0.39 is 24.3 Å². The van der Waals surface area contributed by atoms with E-state index in [-0.39, 0.29) is 19.4 Å². The summed E-state index contributed by atoms with van der Waals surface area (Å²) in [5, 5.41) is 3.01. The Bertz CT molecular complexity index is 840. The number of nitrogens with one attached hydrogen (secondary N) is 1. The highest BCUT2D eigenvalue weighted by Gasteiger charge is 2.24. The molecule has 0 radical (unpaired) electrons. The molecule has 2 rings (SSSR count). The molecule has 2 aromatic rings. The lowest BCUT2D eigenvalue weighted by Gasteiger charge is -2.23. The van der Waals surface area contributed by atoms with Gasteiger partial charge in [0.1, 0.15) is 22.0 Å². The number of amides is 1. The van der Waals surface area contributed by atoms with Crippen molar-refractivity contribution in [1.82, 2.24) is 10.3 Å². The smallest absolute Gasteiger partial charge is 0.407 e. The van der Waals surface area contributed by atoms with E-state index in [0.717, 1.165) is 5.56 Å². The third-order valence-corrected chi connectivity index (χ3v) is 4.68. The third kappa shape index (κ3) is 8.35. The fourth-order valence-electron chi connectivity index (χ4n) is 2.55. The summed E-state index contributed by atoms with van der Waals surface area (Å²) in [5.41, 5.74) is 1.23. The molecule has 0 aliphatic heterocycles. The first-order chi connectivity index (χ1) is 14.0. The largest absolute Gasteiger partial charge is 0.458 e. The van der Waals surface area contributed by atoms with Crippen LogP contribution in [-0.4, -0.2) is 35.9 Å². The fourth-order valence-corrected chi connectivity index (χ4v) is 3.31. The van der Waals surface area contributed by atoms with Crippen molar-refractivity contribution >= 4 is 44.7 Å². The van der Waals surface area contributed by atoms with Gasteiger partial charge in [-0.3, -0.25) is 0 Å². The van der Waals surface area contributed by atoms with Crippen LogP contribution in [0.1, 0.15) is 52.4 Å². The molecule has 0 saturated heterocycles. The molecule has 2 heterocycles. The van der Waals surface area contributed by atoms with Crippen LogP contribution in [0.25, 0.3) is 11.1 Å². The molecule has 0 bridgehead atoms. The van der Waals surface area contributed by atoms with E-state index in [4.69, 9.17) is 20.8 Å². The summed E-state index contributed by atoms with van der Waals surface area (Å²) in [5.74, 6) is 0.506. The van der Waals surface area contributed by atoms with E-state index in [2.05, 4.69) is 31.0 Å². The number of pyridine rings is 1. The van der Waals surface area contributed by atoms with Crippen LogP contribution < -0.4 is 5.32 Å². The molecule has 30 heavy (non-hydrogen) atoms. The first kappa shape index (κ1) is 26.6. The van der Waals surface area contributed by atoms with E-state index in [1.165, 1.54) is 0 Å². The lowest BCUT2D eigenvalue weighted by Crippen LogP contribution is -2.41. The molecule has 6 nitrogen and oxygen atoms in total. The molecule has 0 spiro atoms. The summed E-state index contributed by atoms with van der Waals surface area (Å²) in [6.45, 7) is 7.91. The Morgan fingerprint density at radius 2 is 2.00 bits per heavy atom. The number of alkyl halides is 2. The molecule has 0 aliphatic rings. The summed E-state index contributed by atoms with van der Waals surface area (Å²) in [4.78, 5) is 16.4. The van der Waals surface area contributed by atoms with Crippen molar-refractivity contribution in [2.45, 2.75) is 72.6 Å². The van der Waals surface area contributed by atoms with E-state index in [1.54, 1.807) is 26.8 Å². The zero-order chi connectivity index (χ0) is 23.1. The Kier molecular flexibility index (Phi) is 10.5. The van der Waals surface area contributed by atoms with Crippen molar-refractivity contribution in [3.63, 3.8) is 0 Å². The Morgan fingerprint density at radius 1 is 1.37 bits per heavy atom. The number of aryl methyl sites for hydroxylation is 1. The highest BCUT2D eigenvalue weighted by molar-refractivity contribution is 9.10. The van der Waals surface area contributed by atoms with Gasteiger partial charge in [-0.1, -0.05) is 25.4 Å². The van der Waals surface area contributed by atoms with Gasteiger partial charge in [0, 0.05) is 12.5 Å². The normalized spacial score (nSPS) is 12.5. The van der Waals surface area contributed by atoms with E-state index in [0.29, 0.717) is 26.5 Å². The minimum Gasteiger partial charge on any atom is -0.458 e. The van der Waals surface area contributed by atoms with Gasteiger partial charge in [0.2, 0.25) is 0 Å². The Morgan fingerprint density at radius 3 is 2.57 bits per heavy atom. The lowest BCUT2D eigenvalue weighted by molar-refractivity contribution is -0.130. The predicted molar refractivity (Wildman–Crippen MR) is 116 cm³/mol.